The Hall–Kier alpha value is -3.17. The van der Waals surface area contributed by atoms with Crippen LogP contribution in [0.3, 0.4) is 0 Å². The fourth-order valence-electron chi connectivity index (χ4n) is 5.15. The molecule has 0 spiro atoms. The Morgan fingerprint density at radius 2 is 1.76 bits per heavy atom. The van der Waals surface area contributed by atoms with Gasteiger partial charge in [0.1, 0.15) is 29.9 Å². The van der Waals surface area contributed by atoms with Gasteiger partial charge in [-0.25, -0.2) is 9.79 Å². The van der Waals surface area contributed by atoms with Crippen molar-refractivity contribution in [3.8, 4) is 17.2 Å². The molecule has 0 radical (unpaired) electrons. The summed E-state index contributed by atoms with van der Waals surface area (Å²) >= 11 is 5.82. The van der Waals surface area contributed by atoms with Crippen molar-refractivity contribution in [2.75, 3.05) is 20.8 Å². The van der Waals surface area contributed by atoms with E-state index < -0.39 is 12.0 Å². The Balaban J connectivity index is 1.65. The third-order valence-electron chi connectivity index (χ3n) is 7.17. The van der Waals surface area contributed by atoms with Gasteiger partial charge in [-0.15, -0.1) is 0 Å². The molecule has 5 rings (SSSR count). The summed E-state index contributed by atoms with van der Waals surface area (Å²) in [5, 5.41) is 0. The molecule has 0 amide bonds. The van der Waals surface area contributed by atoms with Crippen molar-refractivity contribution in [2.24, 2.45) is 4.99 Å². The Morgan fingerprint density at radius 3 is 2.40 bits per heavy atom. The zero-order chi connectivity index (χ0) is 32.1. The average Bonchev–Trinajstić information content (AvgIpc) is 3.34. The minimum Gasteiger partial charge on any atom is -0.497 e. The lowest BCUT2D eigenvalue weighted by Crippen LogP contribution is -2.40. The first kappa shape index (κ1) is 33.2. The summed E-state index contributed by atoms with van der Waals surface area (Å²) < 4.78 is 26.9. The van der Waals surface area contributed by atoms with Crippen LogP contribution < -0.4 is 29.1 Å². The smallest absolute Gasteiger partial charge is 0.338 e. The van der Waals surface area contributed by atoms with E-state index in [1.54, 1.807) is 43.9 Å². The minimum atomic E-state index is -0.817. The molecule has 234 valence electrons. The van der Waals surface area contributed by atoms with Gasteiger partial charge in [0.2, 0.25) is 0 Å². The van der Waals surface area contributed by atoms with E-state index in [2.05, 4.69) is 45.2 Å². The van der Waals surface area contributed by atoms with E-state index in [1.807, 2.05) is 55.5 Å². The number of thiazole rings is 1. The van der Waals surface area contributed by atoms with Crippen LogP contribution in [0.5, 0.6) is 17.2 Å². The van der Waals surface area contributed by atoms with Gasteiger partial charge in [-0.2, -0.15) is 0 Å². The number of allylic oxidation sites excluding steroid dienone is 1. The first-order valence-corrected chi connectivity index (χ1v) is 17.4. The Bertz CT molecular complexity index is 1910. The number of aromatic nitrogens is 1. The zero-order valence-corrected chi connectivity index (χ0v) is 30.4. The van der Waals surface area contributed by atoms with Crippen molar-refractivity contribution in [1.82, 2.24) is 4.57 Å². The monoisotopic (exact) mass is 850 g/mol. The molecule has 45 heavy (non-hydrogen) atoms. The summed E-state index contributed by atoms with van der Waals surface area (Å²) in [5.74, 6) is 1.38. The third-order valence-corrected chi connectivity index (χ3v) is 9.75. The molecule has 0 aliphatic carbocycles. The van der Waals surface area contributed by atoms with E-state index in [-0.39, 0.29) is 12.2 Å². The van der Waals surface area contributed by atoms with E-state index in [9.17, 15) is 9.59 Å². The highest BCUT2D eigenvalue weighted by atomic mass is 127. The number of rotatable bonds is 11. The van der Waals surface area contributed by atoms with Crippen LogP contribution in [0.4, 0.5) is 0 Å². The van der Waals surface area contributed by atoms with Crippen LogP contribution in [-0.4, -0.2) is 31.4 Å². The van der Waals surface area contributed by atoms with Gasteiger partial charge in [-0.3, -0.25) is 9.36 Å². The number of ether oxygens (including phenoxy) is 4. The molecule has 0 saturated carbocycles. The van der Waals surface area contributed by atoms with E-state index in [0.29, 0.717) is 50.7 Å². The molecule has 0 unspecified atom stereocenters. The fraction of sp³-hybridized carbons (Fsp3) is 0.265. The fourth-order valence-corrected chi connectivity index (χ4v) is 8.30. The lowest BCUT2D eigenvalue weighted by molar-refractivity contribution is -0.139. The maximum Gasteiger partial charge on any atom is 0.338 e. The topological polar surface area (TPSA) is 88.4 Å². The van der Waals surface area contributed by atoms with Crippen LogP contribution in [0, 0.1) is 7.14 Å². The van der Waals surface area contributed by atoms with Gasteiger partial charge in [0.15, 0.2) is 4.80 Å². The Morgan fingerprint density at radius 1 is 1.02 bits per heavy atom. The quantitative estimate of drug-likeness (QED) is 0.129. The Labute approximate surface area is 292 Å². The highest BCUT2D eigenvalue weighted by Crippen LogP contribution is 2.39. The van der Waals surface area contributed by atoms with E-state index >= 15 is 0 Å². The normalized spacial score (nSPS) is 14.5. The van der Waals surface area contributed by atoms with Crippen molar-refractivity contribution < 1.29 is 23.7 Å². The summed E-state index contributed by atoms with van der Waals surface area (Å²) in [6.07, 6.45) is 3.17. The van der Waals surface area contributed by atoms with Crippen molar-refractivity contribution >= 4 is 68.6 Å². The second-order valence-electron chi connectivity index (χ2n) is 10.1. The van der Waals surface area contributed by atoms with Gasteiger partial charge in [0, 0.05) is 5.56 Å². The first-order valence-electron chi connectivity index (χ1n) is 14.4. The van der Waals surface area contributed by atoms with E-state index in [0.717, 1.165) is 30.4 Å². The number of benzene rings is 3. The second-order valence-corrected chi connectivity index (χ2v) is 13.4. The third kappa shape index (κ3) is 7.14. The molecule has 8 nitrogen and oxygen atoms in total. The predicted molar refractivity (Wildman–Crippen MR) is 192 cm³/mol. The predicted octanol–water partition coefficient (Wildman–Crippen LogP) is 6.38. The van der Waals surface area contributed by atoms with Gasteiger partial charge in [-0.1, -0.05) is 55.0 Å². The number of halogens is 2. The first-order chi connectivity index (χ1) is 21.8. The van der Waals surface area contributed by atoms with Crippen LogP contribution in [-0.2, 0) is 16.1 Å². The standard InChI is InChI=1S/C34H32I2N2O6S/c1-5-10-26-29(33(40)43-6-2)30(23-18-22(41-3)13-14-27(23)42-4)38-32(39)28(45-34(38)37-26)17-21-15-24(35)31(25(36)16-21)44-19-20-11-8-7-9-12-20/h7-9,11-18,30H,5-6,10,19H2,1-4H3/b28-17-/t30-/m1/s1. The maximum absolute atomic E-state index is 14.2. The van der Waals surface area contributed by atoms with Crippen LogP contribution in [0.2, 0.25) is 0 Å². The summed E-state index contributed by atoms with van der Waals surface area (Å²) in [7, 11) is 3.13. The SMILES string of the molecule is CCCC1=C(C(=O)OCC)[C@@H](c2cc(OC)ccc2OC)n2c(s/c(=C\c3cc(I)c(OCc4ccccc4)c(I)c3)c2=O)=N1. The molecule has 3 aromatic carbocycles. The highest BCUT2D eigenvalue weighted by Gasteiger charge is 2.36. The molecular weight excluding hydrogens is 818 g/mol. The molecule has 0 bridgehead atoms. The largest absolute Gasteiger partial charge is 0.497 e. The summed E-state index contributed by atoms with van der Waals surface area (Å²) in [6, 6.07) is 18.5. The molecule has 1 atom stereocenters. The number of hydrogen-bond donors (Lipinski definition) is 0. The van der Waals surface area contributed by atoms with Crippen LogP contribution in [0.15, 0.2) is 81.7 Å². The van der Waals surface area contributed by atoms with Crippen molar-refractivity contribution in [1.29, 1.82) is 0 Å². The number of hydrogen-bond acceptors (Lipinski definition) is 8. The molecule has 2 heterocycles. The number of esters is 1. The van der Waals surface area contributed by atoms with Crippen molar-refractivity contribution in [3.63, 3.8) is 0 Å². The van der Waals surface area contributed by atoms with Crippen molar-refractivity contribution in [3.05, 3.63) is 115 Å². The molecule has 0 N–H and O–H groups in total. The molecule has 0 fully saturated rings. The number of carbonyl (C=O) groups excluding carboxylic acids is 1. The second kappa shape index (κ2) is 14.9. The van der Waals surface area contributed by atoms with Gasteiger partial charge >= 0.3 is 5.97 Å². The number of fused-ring (bicyclic) bond motifs is 1. The van der Waals surface area contributed by atoms with E-state index in [4.69, 9.17) is 23.9 Å². The summed E-state index contributed by atoms with van der Waals surface area (Å²) in [6.45, 7) is 4.44. The van der Waals surface area contributed by atoms with Gasteiger partial charge < -0.3 is 18.9 Å². The number of carbonyl (C=O) groups is 1. The van der Waals surface area contributed by atoms with Crippen LogP contribution >= 0.6 is 56.5 Å². The van der Waals surface area contributed by atoms with Crippen molar-refractivity contribution in [2.45, 2.75) is 39.3 Å². The molecule has 0 saturated heterocycles. The molecule has 1 aliphatic heterocycles. The van der Waals surface area contributed by atoms with Crippen LogP contribution in [0.25, 0.3) is 6.08 Å². The molecule has 4 aromatic rings. The van der Waals surface area contributed by atoms with Crippen LogP contribution in [0.1, 0.15) is 49.4 Å². The molecule has 1 aromatic heterocycles. The van der Waals surface area contributed by atoms with Gasteiger partial charge in [0.25, 0.3) is 5.56 Å². The maximum atomic E-state index is 14.2. The average molecular weight is 851 g/mol. The lowest BCUT2D eigenvalue weighted by Gasteiger charge is -2.27. The number of nitrogens with zero attached hydrogens (tertiary/aromatic N) is 2. The number of methoxy groups -OCH3 is 2. The van der Waals surface area contributed by atoms with Gasteiger partial charge in [-0.05, 0) is 106 Å². The summed E-state index contributed by atoms with van der Waals surface area (Å²) in [4.78, 5) is 33.2. The minimum absolute atomic E-state index is 0.191. The van der Waals surface area contributed by atoms with E-state index in [1.165, 1.54) is 11.3 Å². The molecule has 1 aliphatic rings. The Kier molecular flexibility index (Phi) is 11.0. The zero-order valence-electron chi connectivity index (χ0n) is 25.3. The van der Waals surface area contributed by atoms with Gasteiger partial charge in [0.05, 0.1) is 43.8 Å². The highest BCUT2D eigenvalue weighted by molar-refractivity contribution is 14.1. The summed E-state index contributed by atoms with van der Waals surface area (Å²) in [5.41, 5.74) is 3.22. The lowest BCUT2D eigenvalue weighted by atomic mass is 9.93. The molecule has 11 heteroatoms. The molecular formula is C34H32I2N2O6S.